The van der Waals surface area contributed by atoms with Gasteiger partial charge in [0.25, 0.3) is 5.91 Å². The molecule has 0 unspecified atom stereocenters. The number of amides is 1. The number of carbonyl (C=O) groups excluding carboxylic acids is 1. The fourth-order valence-corrected chi connectivity index (χ4v) is 2.93. The van der Waals surface area contributed by atoms with Gasteiger partial charge in [-0.2, -0.15) is 0 Å². The molecule has 1 heterocycles. The molecule has 0 radical (unpaired) electrons. The number of nitrogen functional groups attached to an aromatic ring is 1. The highest BCUT2D eigenvalue weighted by Crippen LogP contribution is 2.28. The van der Waals surface area contributed by atoms with Crippen LogP contribution in [0.4, 0.5) is 20.2 Å². The molecule has 0 aliphatic carbocycles. The highest BCUT2D eigenvalue weighted by atomic mass is 32.1. The van der Waals surface area contributed by atoms with Gasteiger partial charge in [-0.1, -0.05) is 0 Å². The van der Waals surface area contributed by atoms with Crippen LogP contribution in [0.15, 0.2) is 42.5 Å². The maximum atomic E-state index is 13.1. The maximum absolute atomic E-state index is 13.1. The van der Waals surface area contributed by atoms with Crippen LogP contribution in [-0.2, 0) is 0 Å². The first-order valence-corrected chi connectivity index (χ1v) is 6.89. The third-order valence-corrected chi connectivity index (χ3v) is 4.00. The van der Waals surface area contributed by atoms with E-state index in [1.54, 1.807) is 18.2 Å². The van der Waals surface area contributed by atoms with Crippen LogP contribution >= 0.6 is 11.3 Å². The van der Waals surface area contributed by atoms with Gasteiger partial charge in [-0.15, -0.1) is 11.3 Å². The average molecular weight is 304 g/mol. The Balaban J connectivity index is 1.89. The van der Waals surface area contributed by atoms with Crippen LogP contribution in [-0.4, -0.2) is 5.91 Å². The van der Waals surface area contributed by atoms with Gasteiger partial charge in [0, 0.05) is 22.1 Å². The topological polar surface area (TPSA) is 55.1 Å². The van der Waals surface area contributed by atoms with Crippen LogP contribution in [0.25, 0.3) is 10.1 Å². The first-order chi connectivity index (χ1) is 10.0. The minimum absolute atomic E-state index is 0.0782. The van der Waals surface area contributed by atoms with Crippen molar-refractivity contribution in [1.82, 2.24) is 0 Å². The van der Waals surface area contributed by atoms with Gasteiger partial charge in [0.05, 0.1) is 4.88 Å². The molecule has 0 spiro atoms. The average Bonchev–Trinajstić information content (AvgIpc) is 2.80. The third kappa shape index (κ3) is 2.85. The third-order valence-electron chi connectivity index (χ3n) is 2.88. The Hall–Kier alpha value is -2.47. The van der Waals surface area contributed by atoms with Crippen molar-refractivity contribution in [3.8, 4) is 0 Å². The molecule has 3 N–H and O–H groups in total. The first kappa shape index (κ1) is 13.5. The molecule has 106 valence electrons. The summed E-state index contributed by atoms with van der Waals surface area (Å²) in [5.74, 6) is -1.90. The monoisotopic (exact) mass is 304 g/mol. The minimum Gasteiger partial charge on any atom is -0.399 e. The predicted molar refractivity (Wildman–Crippen MR) is 80.5 cm³/mol. The van der Waals surface area contributed by atoms with Crippen LogP contribution in [0.2, 0.25) is 0 Å². The normalized spacial score (nSPS) is 10.8. The molecule has 1 aromatic heterocycles. The summed E-state index contributed by atoms with van der Waals surface area (Å²) in [6.07, 6.45) is 0. The molecule has 0 aliphatic rings. The van der Waals surface area contributed by atoms with E-state index in [-0.39, 0.29) is 5.69 Å². The van der Waals surface area contributed by atoms with Gasteiger partial charge in [0.1, 0.15) is 11.6 Å². The Labute approximate surface area is 123 Å². The SMILES string of the molecule is Nc1ccc2sc(C(=O)Nc3cc(F)cc(F)c3)cc2c1. The van der Waals surface area contributed by atoms with Gasteiger partial charge in [0.15, 0.2) is 0 Å². The molecule has 3 rings (SSSR count). The Kier molecular flexibility index (Phi) is 3.31. The Morgan fingerprint density at radius 2 is 1.76 bits per heavy atom. The lowest BCUT2D eigenvalue weighted by Crippen LogP contribution is -2.10. The minimum atomic E-state index is -0.741. The molecule has 0 atom stereocenters. The lowest BCUT2D eigenvalue weighted by atomic mass is 10.2. The van der Waals surface area contributed by atoms with Gasteiger partial charge in [-0.25, -0.2) is 8.78 Å². The quantitative estimate of drug-likeness (QED) is 0.703. The molecule has 3 aromatic rings. The summed E-state index contributed by atoms with van der Waals surface area (Å²) in [5, 5.41) is 3.33. The molecule has 2 aromatic carbocycles. The van der Waals surface area contributed by atoms with Crippen LogP contribution < -0.4 is 11.1 Å². The van der Waals surface area contributed by atoms with Crippen LogP contribution in [0.3, 0.4) is 0 Å². The van der Waals surface area contributed by atoms with E-state index >= 15 is 0 Å². The highest BCUT2D eigenvalue weighted by molar-refractivity contribution is 7.20. The number of nitrogens with one attached hydrogen (secondary N) is 1. The van der Waals surface area contributed by atoms with Gasteiger partial charge >= 0.3 is 0 Å². The lowest BCUT2D eigenvalue weighted by Gasteiger charge is -2.03. The number of thiophene rings is 1. The fraction of sp³-hybridized carbons (Fsp3) is 0. The molecule has 0 fully saturated rings. The molecule has 21 heavy (non-hydrogen) atoms. The van der Waals surface area contributed by atoms with E-state index in [1.807, 2.05) is 6.07 Å². The number of benzene rings is 2. The van der Waals surface area contributed by atoms with Gasteiger partial charge in [-0.05, 0) is 41.8 Å². The highest BCUT2D eigenvalue weighted by Gasteiger charge is 2.12. The number of rotatable bonds is 2. The zero-order valence-electron chi connectivity index (χ0n) is 10.7. The molecule has 3 nitrogen and oxygen atoms in total. The maximum Gasteiger partial charge on any atom is 0.265 e. The summed E-state index contributed by atoms with van der Waals surface area (Å²) in [5.41, 5.74) is 6.38. The summed E-state index contributed by atoms with van der Waals surface area (Å²) in [6.45, 7) is 0. The van der Waals surface area contributed by atoms with Crippen LogP contribution in [0.5, 0.6) is 0 Å². The second-order valence-electron chi connectivity index (χ2n) is 4.52. The van der Waals surface area contributed by atoms with E-state index in [4.69, 9.17) is 5.73 Å². The second-order valence-corrected chi connectivity index (χ2v) is 5.60. The number of anilines is 2. The Bertz CT molecular complexity index is 825. The summed E-state index contributed by atoms with van der Waals surface area (Å²) < 4.78 is 27.1. The second kappa shape index (κ2) is 5.14. The molecule has 1 amide bonds. The van der Waals surface area contributed by atoms with Crippen molar-refractivity contribution < 1.29 is 13.6 Å². The molecular weight excluding hydrogens is 294 g/mol. The number of halogens is 2. The smallest absolute Gasteiger partial charge is 0.265 e. The van der Waals surface area contributed by atoms with Gasteiger partial charge < -0.3 is 11.1 Å². The Morgan fingerprint density at radius 3 is 2.48 bits per heavy atom. The summed E-state index contributed by atoms with van der Waals surface area (Å²) in [7, 11) is 0. The van der Waals surface area contributed by atoms with E-state index in [0.717, 1.165) is 28.3 Å². The fourth-order valence-electron chi connectivity index (χ4n) is 1.99. The Morgan fingerprint density at radius 1 is 1.05 bits per heavy atom. The first-order valence-electron chi connectivity index (χ1n) is 6.08. The standard InChI is InChI=1S/C15H10F2N2OS/c16-9-5-10(17)7-12(6-9)19-15(20)14-4-8-3-11(18)1-2-13(8)21-14/h1-7H,18H2,(H,19,20). The number of hydrogen-bond acceptors (Lipinski definition) is 3. The zero-order valence-corrected chi connectivity index (χ0v) is 11.5. The number of carbonyl (C=O) groups is 1. The van der Waals surface area contributed by atoms with Crippen LogP contribution in [0.1, 0.15) is 9.67 Å². The number of fused-ring (bicyclic) bond motifs is 1. The van der Waals surface area contributed by atoms with Crippen LogP contribution in [0, 0.1) is 11.6 Å². The number of nitrogens with two attached hydrogens (primary N) is 1. The van der Waals surface area contributed by atoms with Crippen molar-refractivity contribution in [2.45, 2.75) is 0 Å². The van der Waals surface area contributed by atoms with E-state index in [1.165, 1.54) is 11.3 Å². The van der Waals surface area contributed by atoms with Crippen molar-refractivity contribution in [1.29, 1.82) is 0 Å². The largest absolute Gasteiger partial charge is 0.399 e. The summed E-state index contributed by atoms with van der Waals surface area (Å²) in [4.78, 5) is 12.6. The van der Waals surface area contributed by atoms with E-state index < -0.39 is 17.5 Å². The summed E-state index contributed by atoms with van der Waals surface area (Å²) >= 11 is 1.29. The van der Waals surface area contributed by atoms with Crippen molar-refractivity contribution in [3.63, 3.8) is 0 Å². The van der Waals surface area contributed by atoms with Crippen molar-refractivity contribution in [2.24, 2.45) is 0 Å². The molecule has 0 saturated carbocycles. The molecule has 0 aliphatic heterocycles. The van der Waals surface area contributed by atoms with Crippen molar-refractivity contribution in [3.05, 3.63) is 59.0 Å². The van der Waals surface area contributed by atoms with Crippen molar-refractivity contribution in [2.75, 3.05) is 11.1 Å². The van der Waals surface area contributed by atoms with E-state index in [0.29, 0.717) is 10.6 Å². The van der Waals surface area contributed by atoms with E-state index in [9.17, 15) is 13.6 Å². The molecule has 6 heteroatoms. The molecular formula is C15H10F2N2OS. The van der Waals surface area contributed by atoms with Crippen molar-refractivity contribution >= 4 is 38.7 Å². The van der Waals surface area contributed by atoms with E-state index in [2.05, 4.69) is 5.32 Å². The zero-order chi connectivity index (χ0) is 15.0. The van der Waals surface area contributed by atoms with Gasteiger partial charge in [-0.3, -0.25) is 4.79 Å². The molecule has 0 bridgehead atoms. The number of hydrogen-bond donors (Lipinski definition) is 2. The van der Waals surface area contributed by atoms with Gasteiger partial charge in [0.2, 0.25) is 0 Å². The summed E-state index contributed by atoms with van der Waals surface area (Å²) in [6, 6.07) is 9.92. The molecule has 0 saturated heterocycles. The predicted octanol–water partition coefficient (Wildman–Crippen LogP) is 4.01. The lowest BCUT2D eigenvalue weighted by molar-refractivity contribution is 0.103.